The number of aliphatic imine (C=N–C) groups is 1. The van der Waals surface area contributed by atoms with E-state index in [1.165, 1.54) is 17.3 Å². The summed E-state index contributed by atoms with van der Waals surface area (Å²) in [5.41, 5.74) is 5.86. The van der Waals surface area contributed by atoms with Crippen LogP contribution in [0.4, 0.5) is 5.69 Å². The fourth-order valence-electron chi connectivity index (χ4n) is 5.19. The van der Waals surface area contributed by atoms with E-state index in [-0.39, 0.29) is 24.3 Å². The van der Waals surface area contributed by atoms with Crippen LogP contribution in [-0.2, 0) is 9.59 Å². The SMILES string of the molecule is COc1ccc(NC(=O)C2=C(C)N=C3SC=C(CC(=O)N[C@@H](C)c4ccccc4)N3[C@H]2c2ccc(C(C)C)cc2)cc1. The number of rotatable bonds is 9. The summed E-state index contributed by atoms with van der Waals surface area (Å²) in [7, 11) is 1.61. The average molecular weight is 581 g/mol. The first-order chi connectivity index (χ1) is 20.2. The Morgan fingerprint density at radius 3 is 2.29 bits per heavy atom. The Kier molecular flexibility index (Phi) is 8.83. The molecule has 216 valence electrons. The van der Waals surface area contributed by atoms with Gasteiger partial charge >= 0.3 is 0 Å². The van der Waals surface area contributed by atoms with Crippen LogP contribution in [0.2, 0.25) is 0 Å². The number of amides is 2. The minimum atomic E-state index is -0.447. The van der Waals surface area contributed by atoms with Gasteiger partial charge in [0.25, 0.3) is 5.91 Å². The maximum atomic E-state index is 13.9. The lowest BCUT2D eigenvalue weighted by Crippen LogP contribution is -2.39. The second-order valence-corrected chi connectivity index (χ2v) is 11.6. The number of carbonyl (C=O) groups is 2. The molecule has 2 aliphatic heterocycles. The number of allylic oxidation sites excluding steroid dienone is 1. The molecule has 0 radical (unpaired) electrons. The maximum absolute atomic E-state index is 13.9. The van der Waals surface area contributed by atoms with E-state index in [0.29, 0.717) is 28.6 Å². The second-order valence-electron chi connectivity index (χ2n) is 10.8. The normalized spacial score (nSPS) is 16.9. The van der Waals surface area contributed by atoms with Gasteiger partial charge in [-0.3, -0.25) is 9.59 Å². The standard InChI is InChI=1S/C34H36N4O3S/c1-21(2)24-11-13-26(14-12-24)32-31(33(40)37-27-15-17-29(41-5)18-16-27)23(4)36-34-38(32)28(20-42-34)19-30(39)35-22(3)25-9-7-6-8-10-25/h6-18,20-22,32H,19H2,1-5H3,(H,35,39)(H,37,40)/t22-,32-/m0/s1. The van der Waals surface area contributed by atoms with E-state index >= 15 is 0 Å². The maximum Gasteiger partial charge on any atom is 0.255 e. The minimum absolute atomic E-state index is 0.0936. The molecular weight excluding hydrogens is 544 g/mol. The van der Waals surface area contributed by atoms with Crippen molar-refractivity contribution in [3.05, 3.63) is 118 Å². The smallest absolute Gasteiger partial charge is 0.255 e. The molecule has 2 N–H and O–H groups in total. The third-order valence-corrected chi connectivity index (χ3v) is 8.42. The lowest BCUT2D eigenvalue weighted by molar-refractivity contribution is -0.121. The van der Waals surface area contributed by atoms with Gasteiger partial charge < -0.3 is 20.3 Å². The van der Waals surface area contributed by atoms with Gasteiger partial charge in [-0.25, -0.2) is 4.99 Å². The molecule has 3 aromatic carbocycles. The van der Waals surface area contributed by atoms with E-state index in [0.717, 1.165) is 22.0 Å². The largest absolute Gasteiger partial charge is 0.497 e. The van der Waals surface area contributed by atoms with Crippen molar-refractivity contribution in [2.45, 2.75) is 52.1 Å². The number of fused-ring (bicyclic) bond motifs is 1. The molecule has 8 heteroatoms. The summed E-state index contributed by atoms with van der Waals surface area (Å²) in [6.07, 6.45) is 0.163. The quantitative estimate of drug-likeness (QED) is 0.278. The van der Waals surface area contributed by atoms with Crippen molar-refractivity contribution in [2.75, 3.05) is 12.4 Å². The number of amidine groups is 1. The van der Waals surface area contributed by atoms with Crippen molar-refractivity contribution in [3.8, 4) is 5.75 Å². The van der Waals surface area contributed by atoms with E-state index in [4.69, 9.17) is 9.73 Å². The average Bonchev–Trinajstić information content (AvgIpc) is 3.38. The van der Waals surface area contributed by atoms with E-state index in [2.05, 4.69) is 48.7 Å². The summed E-state index contributed by atoms with van der Waals surface area (Å²) in [5, 5.41) is 8.90. The third-order valence-electron chi connectivity index (χ3n) is 7.53. The van der Waals surface area contributed by atoms with Crippen molar-refractivity contribution in [2.24, 2.45) is 4.99 Å². The number of carbonyl (C=O) groups excluding carboxylic acids is 2. The van der Waals surface area contributed by atoms with E-state index in [1.807, 2.05) is 78.8 Å². The molecule has 42 heavy (non-hydrogen) atoms. The van der Waals surface area contributed by atoms with Crippen LogP contribution in [0.15, 0.2) is 106 Å². The van der Waals surface area contributed by atoms with Gasteiger partial charge in [-0.2, -0.15) is 0 Å². The zero-order chi connectivity index (χ0) is 29.8. The minimum Gasteiger partial charge on any atom is -0.497 e. The molecule has 2 aliphatic rings. The fraction of sp³-hybridized carbons (Fsp3) is 0.265. The van der Waals surface area contributed by atoms with E-state index in [9.17, 15) is 9.59 Å². The third kappa shape index (κ3) is 6.29. The summed E-state index contributed by atoms with van der Waals surface area (Å²) in [6, 6.07) is 24.9. The van der Waals surface area contributed by atoms with Gasteiger partial charge in [-0.15, -0.1) is 0 Å². The van der Waals surface area contributed by atoms with Crippen LogP contribution < -0.4 is 15.4 Å². The monoisotopic (exact) mass is 580 g/mol. The van der Waals surface area contributed by atoms with Gasteiger partial charge in [0.1, 0.15) is 5.75 Å². The van der Waals surface area contributed by atoms with Gasteiger partial charge in [0.15, 0.2) is 5.17 Å². The molecule has 2 amide bonds. The first-order valence-corrected chi connectivity index (χ1v) is 15.0. The van der Waals surface area contributed by atoms with Crippen molar-refractivity contribution in [1.29, 1.82) is 0 Å². The number of hydrogen-bond acceptors (Lipinski definition) is 6. The summed E-state index contributed by atoms with van der Waals surface area (Å²) in [4.78, 5) is 34.0. The molecule has 3 aromatic rings. The number of hydrogen-bond donors (Lipinski definition) is 2. The van der Waals surface area contributed by atoms with Gasteiger partial charge in [0, 0.05) is 11.4 Å². The number of thioether (sulfide) groups is 1. The van der Waals surface area contributed by atoms with Crippen LogP contribution in [0, 0.1) is 0 Å². The number of methoxy groups -OCH3 is 1. The van der Waals surface area contributed by atoms with Crippen LogP contribution in [0.3, 0.4) is 0 Å². The van der Waals surface area contributed by atoms with Gasteiger partial charge in [-0.05, 0) is 66.1 Å². The van der Waals surface area contributed by atoms with Crippen molar-refractivity contribution < 1.29 is 14.3 Å². The molecule has 0 saturated carbocycles. The van der Waals surface area contributed by atoms with Crippen molar-refractivity contribution in [3.63, 3.8) is 0 Å². The molecule has 0 aliphatic carbocycles. The van der Waals surface area contributed by atoms with Crippen molar-refractivity contribution in [1.82, 2.24) is 10.2 Å². The Morgan fingerprint density at radius 1 is 0.952 bits per heavy atom. The number of nitrogens with zero attached hydrogens (tertiary/aromatic N) is 2. The number of benzene rings is 3. The van der Waals surface area contributed by atoms with Gasteiger partial charge in [0.05, 0.1) is 36.9 Å². The highest BCUT2D eigenvalue weighted by Gasteiger charge is 2.40. The Labute approximate surface area is 251 Å². The Balaban J connectivity index is 1.45. The highest BCUT2D eigenvalue weighted by atomic mass is 32.2. The summed E-state index contributed by atoms with van der Waals surface area (Å²) in [6.45, 7) is 8.16. The van der Waals surface area contributed by atoms with Crippen LogP contribution >= 0.6 is 11.8 Å². The summed E-state index contributed by atoms with van der Waals surface area (Å²) >= 11 is 1.48. The number of nitrogens with one attached hydrogen (secondary N) is 2. The van der Waals surface area contributed by atoms with Gasteiger partial charge in [0.2, 0.25) is 5.91 Å². The first kappa shape index (κ1) is 29.2. The van der Waals surface area contributed by atoms with Crippen LogP contribution in [0.25, 0.3) is 0 Å². The molecule has 5 rings (SSSR count). The molecule has 0 unspecified atom stereocenters. The number of ether oxygens (including phenoxy) is 1. The van der Waals surface area contributed by atoms with Crippen LogP contribution in [0.1, 0.15) is 68.8 Å². The predicted octanol–water partition coefficient (Wildman–Crippen LogP) is 7.30. The molecular formula is C34H36N4O3S. The lowest BCUT2D eigenvalue weighted by atomic mass is 9.91. The zero-order valence-corrected chi connectivity index (χ0v) is 25.4. The number of anilines is 1. The second kappa shape index (κ2) is 12.7. The summed E-state index contributed by atoms with van der Waals surface area (Å²) in [5.74, 6) is 0.758. The predicted molar refractivity (Wildman–Crippen MR) is 170 cm³/mol. The molecule has 0 saturated heterocycles. The fourth-order valence-corrected chi connectivity index (χ4v) is 6.16. The molecule has 0 fully saturated rings. The molecule has 0 spiro atoms. The molecule has 0 aromatic heterocycles. The van der Waals surface area contributed by atoms with Crippen molar-refractivity contribution >= 4 is 34.4 Å². The van der Waals surface area contributed by atoms with Crippen LogP contribution in [-0.4, -0.2) is 29.0 Å². The van der Waals surface area contributed by atoms with E-state index < -0.39 is 6.04 Å². The molecule has 7 nitrogen and oxygen atoms in total. The topological polar surface area (TPSA) is 83.0 Å². The summed E-state index contributed by atoms with van der Waals surface area (Å²) < 4.78 is 5.26. The Hall–Kier alpha value is -4.30. The Bertz CT molecular complexity index is 1540. The zero-order valence-electron chi connectivity index (χ0n) is 24.5. The molecule has 2 atom stereocenters. The molecule has 0 bridgehead atoms. The van der Waals surface area contributed by atoms with Crippen LogP contribution in [0.5, 0.6) is 5.75 Å². The van der Waals surface area contributed by atoms with Gasteiger partial charge in [-0.1, -0.05) is 80.2 Å². The Morgan fingerprint density at radius 2 is 1.64 bits per heavy atom. The first-order valence-electron chi connectivity index (χ1n) is 14.1. The lowest BCUT2D eigenvalue weighted by Gasteiger charge is -2.37. The van der Waals surface area contributed by atoms with E-state index in [1.54, 1.807) is 7.11 Å². The highest BCUT2D eigenvalue weighted by Crippen LogP contribution is 2.45. The highest BCUT2D eigenvalue weighted by molar-refractivity contribution is 8.16. The molecule has 2 heterocycles.